The van der Waals surface area contributed by atoms with Crippen LogP contribution in [0.5, 0.6) is 0 Å². The topological polar surface area (TPSA) is 86.5 Å². The summed E-state index contributed by atoms with van der Waals surface area (Å²) < 4.78 is 16.2. The Morgan fingerprint density at radius 1 is 1.48 bits per heavy atom. The van der Waals surface area contributed by atoms with Crippen LogP contribution < -0.4 is 5.32 Å². The molecule has 0 spiro atoms. The second kappa shape index (κ2) is 9.65. The highest BCUT2D eigenvalue weighted by Gasteiger charge is 2.15. The van der Waals surface area contributed by atoms with Crippen molar-refractivity contribution in [1.82, 2.24) is 15.5 Å². The van der Waals surface area contributed by atoms with Gasteiger partial charge in [0.25, 0.3) is 0 Å². The van der Waals surface area contributed by atoms with Crippen LogP contribution in [0.15, 0.2) is 22.0 Å². The van der Waals surface area contributed by atoms with E-state index in [1.165, 1.54) is 0 Å². The standard InChI is InChI=1S/C17H23N3O4S/c21-15(18-8-3-9-22-12-13-4-1-10-23-13)6-7-16-19-17(20-24-16)14-5-2-11-25-14/h2,5,11,13H,1,3-4,6-10,12H2,(H,18,21). The Morgan fingerprint density at radius 3 is 3.24 bits per heavy atom. The molecule has 0 saturated carbocycles. The van der Waals surface area contributed by atoms with Crippen molar-refractivity contribution in [1.29, 1.82) is 0 Å². The fraction of sp³-hybridized carbons (Fsp3) is 0.588. The number of hydrogen-bond acceptors (Lipinski definition) is 7. The van der Waals surface area contributed by atoms with Gasteiger partial charge in [0.1, 0.15) is 0 Å². The first-order valence-corrected chi connectivity index (χ1v) is 9.52. The largest absolute Gasteiger partial charge is 0.379 e. The minimum absolute atomic E-state index is 0.0185. The average Bonchev–Trinajstić information content (AvgIpc) is 3.38. The fourth-order valence-corrected chi connectivity index (χ4v) is 3.21. The molecule has 1 saturated heterocycles. The van der Waals surface area contributed by atoms with Gasteiger partial charge in [0.05, 0.1) is 17.6 Å². The molecular weight excluding hydrogens is 342 g/mol. The van der Waals surface area contributed by atoms with Gasteiger partial charge >= 0.3 is 0 Å². The molecule has 1 aliphatic rings. The number of amides is 1. The van der Waals surface area contributed by atoms with Crippen LogP contribution in [0.1, 0.15) is 31.6 Å². The third-order valence-electron chi connectivity index (χ3n) is 3.89. The summed E-state index contributed by atoms with van der Waals surface area (Å²) in [7, 11) is 0. The van der Waals surface area contributed by atoms with Gasteiger partial charge in [-0.15, -0.1) is 11.3 Å². The Morgan fingerprint density at radius 2 is 2.44 bits per heavy atom. The number of thiophene rings is 1. The van der Waals surface area contributed by atoms with Crippen LogP contribution >= 0.6 is 11.3 Å². The van der Waals surface area contributed by atoms with Crippen LogP contribution in [0, 0.1) is 0 Å². The maximum absolute atomic E-state index is 11.8. The van der Waals surface area contributed by atoms with Crippen LogP contribution in [0.4, 0.5) is 0 Å². The zero-order chi connectivity index (χ0) is 17.3. The predicted molar refractivity (Wildman–Crippen MR) is 93.4 cm³/mol. The highest BCUT2D eigenvalue weighted by atomic mass is 32.1. The summed E-state index contributed by atoms with van der Waals surface area (Å²) in [6.07, 6.45) is 4.03. The molecule has 1 atom stereocenters. The molecule has 1 fully saturated rings. The minimum atomic E-state index is -0.0185. The van der Waals surface area contributed by atoms with Crippen LogP contribution in [0.2, 0.25) is 0 Å². The van der Waals surface area contributed by atoms with Crippen molar-refractivity contribution in [3.05, 3.63) is 23.4 Å². The smallest absolute Gasteiger partial charge is 0.227 e. The van der Waals surface area contributed by atoms with Crippen LogP contribution in [0.25, 0.3) is 10.7 Å². The van der Waals surface area contributed by atoms with Gasteiger partial charge in [-0.05, 0) is 30.7 Å². The van der Waals surface area contributed by atoms with E-state index in [0.717, 1.165) is 30.7 Å². The van der Waals surface area contributed by atoms with Gasteiger partial charge in [-0.1, -0.05) is 11.2 Å². The summed E-state index contributed by atoms with van der Waals surface area (Å²) >= 11 is 1.56. The molecule has 3 heterocycles. The number of ether oxygens (including phenoxy) is 2. The van der Waals surface area contributed by atoms with Crippen molar-refractivity contribution in [2.45, 2.75) is 38.2 Å². The second-order valence-corrected chi connectivity index (χ2v) is 6.85. The van der Waals surface area contributed by atoms with E-state index in [4.69, 9.17) is 14.0 Å². The van der Waals surface area contributed by atoms with E-state index >= 15 is 0 Å². The molecule has 0 bridgehead atoms. The zero-order valence-electron chi connectivity index (χ0n) is 14.1. The lowest BCUT2D eigenvalue weighted by molar-refractivity contribution is -0.121. The van der Waals surface area contributed by atoms with Crippen LogP contribution in [-0.2, 0) is 20.7 Å². The van der Waals surface area contributed by atoms with E-state index < -0.39 is 0 Å². The molecule has 2 aromatic rings. The van der Waals surface area contributed by atoms with Crippen LogP contribution in [-0.4, -0.2) is 48.5 Å². The molecule has 1 N–H and O–H groups in total. The maximum atomic E-state index is 11.8. The van der Waals surface area contributed by atoms with E-state index in [1.54, 1.807) is 11.3 Å². The lowest BCUT2D eigenvalue weighted by Gasteiger charge is -2.10. The molecule has 7 nitrogen and oxygen atoms in total. The number of nitrogens with one attached hydrogen (secondary N) is 1. The van der Waals surface area contributed by atoms with Gasteiger partial charge in [0.2, 0.25) is 17.6 Å². The zero-order valence-corrected chi connectivity index (χ0v) is 14.9. The van der Waals surface area contributed by atoms with E-state index in [-0.39, 0.29) is 12.0 Å². The van der Waals surface area contributed by atoms with Gasteiger partial charge in [-0.3, -0.25) is 4.79 Å². The Labute approximate surface area is 150 Å². The normalized spacial score (nSPS) is 17.0. The third kappa shape index (κ3) is 5.91. The molecule has 2 aromatic heterocycles. The fourth-order valence-electron chi connectivity index (χ4n) is 2.56. The molecule has 0 radical (unpaired) electrons. The molecule has 8 heteroatoms. The molecule has 136 valence electrons. The lowest BCUT2D eigenvalue weighted by atomic mass is 10.2. The second-order valence-electron chi connectivity index (χ2n) is 5.90. The van der Waals surface area contributed by atoms with E-state index in [9.17, 15) is 4.79 Å². The molecule has 3 rings (SSSR count). The highest BCUT2D eigenvalue weighted by molar-refractivity contribution is 7.13. The van der Waals surface area contributed by atoms with Crippen molar-refractivity contribution in [3.63, 3.8) is 0 Å². The molecule has 25 heavy (non-hydrogen) atoms. The monoisotopic (exact) mass is 365 g/mol. The molecule has 0 aliphatic carbocycles. The number of carbonyl (C=O) groups excluding carboxylic acids is 1. The van der Waals surface area contributed by atoms with Crippen molar-refractivity contribution in [2.24, 2.45) is 0 Å². The first kappa shape index (κ1) is 18.0. The van der Waals surface area contributed by atoms with Gasteiger partial charge < -0.3 is 19.3 Å². The number of aromatic nitrogens is 2. The Kier molecular flexibility index (Phi) is 6.96. The summed E-state index contributed by atoms with van der Waals surface area (Å²) in [6.45, 7) is 2.74. The van der Waals surface area contributed by atoms with Gasteiger partial charge in [0.15, 0.2) is 0 Å². The van der Waals surface area contributed by atoms with Gasteiger partial charge in [-0.2, -0.15) is 4.98 Å². The summed E-state index contributed by atoms with van der Waals surface area (Å²) in [4.78, 5) is 17.1. The summed E-state index contributed by atoms with van der Waals surface area (Å²) in [5, 5.41) is 8.77. The first-order valence-electron chi connectivity index (χ1n) is 8.64. The van der Waals surface area contributed by atoms with Crippen molar-refractivity contribution in [2.75, 3.05) is 26.4 Å². The van der Waals surface area contributed by atoms with Crippen molar-refractivity contribution < 1.29 is 18.8 Å². The first-order chi connectivity index (χ1) is 12.3. The van der Waals surface area contributed by atoms with Gasteiger partial charge in [-0.25, -0.2) is 0 Å². The molecule has 0 aromatic carbocycles. The van der Waals surface area contributed by atoms with Gasteiger partial charge in [0, 0.05) is 32.6 Å². The van der Waals surface area contributed by atoms with E-state index in [1.807, 2.05) is 17.5 Å². The molecular formula is C17H23N3O4S. The molecule has 1 amide bonds. The Hall–Kier alpha value is -1.77. The highest BCUT2D eigenvalue weighted by Crippen LogP contribution is 2.21. The minimum Gasteiger partial charge on any atom is -0.379 e. The van der Waals surface area contributed by atoms with E-state index in [0.29, 0.717) is 44.3 Å². The number of hydrogen-bond donors (Lipinski definition) is 1. The Balaban J connectivity index is 1.24. The number of carbonyl (C=O) groups is 1. The van der Waals surface area contributed by atoms with Crippen molar-refractivity contribution >= 4 is 17.2 Å². The third-order valence-corrected chi connectivity index (χ3v) is 4.76. The number of aryl methyl sites for hydroxylation is 1. The summed E-state index contributed by atoms with van der Waals surface area (Å²) in [5.41, 5.74) is 0. The summed E-state index contributed by atoms with van der Waals surface area (Å²) in [6, 6.07) is 3.88. The molecule has 1 aliphatic heterocycles. The average molecular weight is 365 g/mol. The number of nitrogens with zero attached hydrogens (tertiary/aromatic N) is 2. The van der Waals surface area contributed by atoms with E-state index in [2.05, 4.69) is 15.5 Å². The lowest BCUT2D eigenvalue weighted by Crippen LogP contribution is -2.26. The van der Waals surface area contributed by atoms with Crippen molar-refractivity contribution in [3.8, 4) is 10.7 Å². The SMILES string of the molecule is O=C(CCc1nc(-c2cccs2)no1)NCCCOCC1CCCO1. The predicted octanol–water partition coefficient (Wildman–Crippen LogP) is 2.43. The van der Waals surface area contributed by atoms with Crippen LogP contribution in [0.3, 0.4) is 0 Å². The molecule has 1 unspecified atom stereocenters. The summed E-state index contributed by atoms with van der Waals surface area (Å²) in [5.74, 6) is 1.04. The maximum Gasteiger partial charge on any atom is 0.227 e. The number of rotatable bonds is 10. The Bertz CT molecular complexity index is 638. The quantitative estimate of drug-likeness (QED) is 0.651.